The maximum absolute atomic E-state index is 12.7. The van der Waals surface area contributed by atoms with Crippen molar-refractivity contribution in [3.63, 3.8) is 0 Å². The maximum atomic E-state index is 12.7. The van der Waals surface area contributed by atoms with Gasteiger partial charge in [0.25, 0.3) is 5.91 Å². The number of hydrogen-bond acceptors (Lipinski definition) is 3. The van der Waals surface area contributed by atoms with Gasteiger partial charge in [0.1, 0.15) is 6.04 Å². The number of ether oxygens (including phenoxy) is 1. The number of halogens is 3. The van der Waals surface area contributed by atoms with Crippen LogP contribution in [0.4, 0.5) is 13.2 Å². The van der Waals surface area contributed by atoms with Crippen LogP contribution in [0.3, 0.4) is 0 Å². The molecule has 2 aromatic carbocycles. The molecule has 0 aliphatic carbocycles. The van der Waals surface area contributed by atoms with Crippen LogP contribution in [0.2, 0.25) is 0 Å². The summed E-state index contributed by atoms with van der Waals surface area (Å²) < 4.78 is 42.8. The van der Waals surface area contributed by atoms with E-state index in [0.717, 1.165) is 17.7 Å². The fourth-order valence-electron chi connectivity index (χ4n) is 2.76. The number of carbonyl (C=O) groups is 2. The Morgan fingerprint density at radius 2 is 1.45 bits per heavy atom. The molecule has 1 amide bonds. The van der Waals surface area contributed by atoms with Crippen LogP contribution in [0.15, 0.2) is 48.5 Å². The molecular formula is C22H24F3NO3. The number of carbonyl (C=O) groups excluding carboxylic acids is 2. The van der Waals surface area contributed by atoms with E-state index in [1.165, 1.54) is 19.2 Å². The van der Waals surface area contributed by atoms with Crippen molar-refractivity contribution in [1.82, 2.24) is 5.32 Å². The van der Waals surface area contributed by atoms with Crippen molar-refractivity contribution in [3.05, 3.63) is 70.8 Å². The van der Waals surface area contributed by atoms with Gasteiger partial charge in [-0.2, -0.15) is 13.2 Å². The Kier molecular flexibility index (Phi) is 6.72. The summed E-state index contributed by atoms with van der Waals surface area (Å²) in [4.78, 5) is 24.6. The highest BCUT2D eigenvalue weighted by atomic mass is 19.4. The molecule has 29 heavy (non-hydrogen) atoms. The third kappa shape index (κ3) is 6.07. The van der Waals surface area contributed by atoms with E-state index in [1.807, 2.05) is 12.1 Å². The monoisotopic (exact) mass is 407 g/mol. The third-order valence-electron chi connectivity index (χ3n) is 4.53. The van der Waals surface area contributed by atoms with E-state index in [1.54, 1.807) is 12.1 Å². The third-order valence-corrected chi connectivity index (χ3v) is 4.53. The summed E-state index contributed by atoms with van der Waals surface area (Å²) in [6, 6.07) is 10.5. The Bertz CT molecular complexity index is 851. The first-order chi connectivity index (χ1) is 13.4. The van der Waals surface area contributed by atoms with E-state index >= 15 is 0 Å². The molecule has 1 N–H and O–H groups in total. The molecule has 0 saturated carbocycles. The molecule has 2 rings (SSSR count). The molecule has 0 radical (unpaired) electrons. The molecule has 156 valence electrons. The zero-order valence-electron chi connectivity index (χ0n) is 16.8. The van der Waals surface area contributed by atoms with Gasteiger partial charge in [0, 0.05) is 12.0 Å². The number of hydrogen-bond donors (Lipinski definition) is 1. The first kappa shape index (κ1) is 22.5. The second-order valence-corrected chi connectivity index (χ2v) is 7.78. The average Bonchev–Trinajstić information content (AvgIpc) is 2.66. The molecule has 7 heteroatoms. The Labute approximate surface area is 168 Å². The summed E-state index contributed by atoms with van der Waals surface area (Å²) in [5, 5.41) is 2.60. The fourth-order valence-corrected chi connectivity index (χ4v) is 2.76. The lowest BCUT2D eigenvalue weighted by Gasteiger charge is -2.20. The summed E-state index contributed by atoms with van der Waals surface area (Å²) in [6.45, 7) is 6.16. The minimum atomic E-state index is -4.44. The second-order valence-electron chi connectivity index (χ2n) is 7.78. The van der Waals surface area contributed by atoms with Crippen LogP contribution in [0.5, 0.6) is 0 Å². The Morgan fingerprint density at radius 1 is 0.931 bits per heavy atom. The fraction of sp³-hybridized carbons (Fsp3) is 0.364. The number of nitrogens with one attached hydrogen (secondary N) is 1. The van der Waals surface area contributed by atoms with E-state index in [4.69, 9.17) is 4.74 Å². The Hall–Kier alpha value is -2.83. The van der Waals surface area contributed by atoms with E-state index in [0.29, 0.717) is 11.1 Å². The molecule has 0 spiro atoms. The maximum Gasteiger partial charge on any atom is 0.416 e. The molecule has 4 nitrogen and oxygen atoms in total. The highest BCUT2D eigenvalue weighted by Gasteiger charge is 2.30. The molecule has 0 aliphatic rings. The highest BCUT2D eigenvalue weighted by molar-refractivity contribution is 5.96. The quantitative estimate of drug-likeness (QED) is 0.742. The van der Waals surface area contributed by atoms with Crippen molar-refractivity contribution >= 4 is 11.9 Å². The van der Waals surface area contributed by atoms with Gasteiger partial charge in [0.15, 0.2) is 0 Å². The van der Waals surface area contributed by atoms with Crippen molar-refractivity contribution in [2.75, 3.05) is 7.11 Å². The van der Waals surface area contributed by atoms with Gasteiger partial charge in [-0.05, 0) is 40.8 Å². The average molecular weight is 407 g/mol. The van der Waals surface area contributed by atoms with E-state index in [9.17, 15) is 22.8 Å². The largest absolute Gasteiger partial charge is 0.467 e. The van der Waals surface area contributed by atoms with Crippen LogP contribution < -0.4 is 5.32 Å². The number of methoxy groups -OCH3 is 1. The van der Waals surface area contributed by atoms with Gasteiger partial charge >= 0.3 is 12.1 Å². The Morgan fingerprint density at radius 3 is 1.90 bits per heavy atom. The molecule has 0 aromatic heterocycles. The first-order valence-electron chi connectivity index (χ1n) is 9.07. The number of alkyl halides is 3. The normalized spacial score (nSPS) is 12.9. The van der Waals surface area contributed by atoms with Gasteiger partial charge in [0.05, 0.1) is 12.7 Å². The second kappa shape index (κ2) is 8.68. The van der Waals surface area contributed by atoms with Crippen molar-refractivity contribution < 1.29 is 27.5 Å². The molecule has 1 atom stereocenters. The van der Waals surface area contributed by atoms with Crippen molar-refractivity contribution in [2.45, 2.75) is 44.8 Å². The molecule has 2 aromatic rings. The standard InChI is InChI=1S/C22H24F3NO3/c1-21(2,3)16-11-7-15(8-12-16)19(27)26-18(20(28)29-4)13-14-5-9-17(10-6-14)22(23,24)25/h5-12,18H,13H2,1-4H3,(H,26,27)/t18-/m1/s1. The molecule has 0 heterocycles. The zero-order valence-corrected chi connectivity index (χ0v) is 16.8. The van der Waals surface area contributed by atoms with E-state index in [2.05, 4.69) is 26.1 Å². The van der Waals surface area contributed by atoms with Gasteiger partial charge in [-0.15, -0.1) is 0 Å². The molecular weight excluding hydrogens is 383 g/mol. The number of esters is 1. The van der Waals surface area contributed by atoms with Gasteiger partial charge in [0.2, 0.25) is 0 Å². The summed E-state index contributed by atoms with van der Waals surface area (Å²) in [7, 11) is 1.19. The summed E-state index contributed by atoms with van der Waals surface area (Å²) in [5.74, 6) is -1.14. The summed E-state index contributed by atoms with van der Waals surface area (Å²) >= 11 is 0. The smallest absolute Gasteiger partial charge is 0.416 e. The van der Waals surface area contributed by atoms with Crippen molar-refractivity contribution in [1.29, 1.82) is 0 Å². The minimum Gasteiger partial charge on any atom is -0.467 e. The number of benzene rings is 2. The van der Waals surface area contributed by atoms with Crippen LogP contribution in [0, 0.1) is 0 Å². The van der Waals surface area contributed by atoms with Crippen LogP contribution in [0.1, 0.15) is 47.8 Å². The molecule has 0 unspecified atom stereocenters. The predicted molar refractivity (Wildman–Crippen MR) is 104 cm³/mol. The molecule has 0 saturated heterocycles. The van der Waals surface area contributed by atoms with Crippen molar-refractivity contribution in [2.24, 2.45) is 0 Å². The zero-order chi connectivity index (χ0) is 21.8. The van der Waals surface area contributed by atoms with Crippen LogP contribution in [-0.2, 0) is 27.5 Å². The molecule has 0 aliphatic heterocycles. The van der Waals surface area contributed by atoms with Gasteiger partial charge in [-0.25, -0.2) is 4.79 Å². The first-order valence-corrected chi connectivity index (χ1v) is 9.07. The van der Waals surface area contributed by atoms with Gasteiger partial charge < -0.3 is 10.1 Å². The van der Waals surface area contributed by atoms with Crippen LogP contribution in [-0.4, -0.2) is 25.0 Å². The summed E-state index contributed by atoms with van der Waals surface area (Å²) in [5.41, 5.74) is 1.06. The lowest BCUT2D eigenvalue weighted by atomic mass is 9.86. The van der Waals surface area contributed by atoms with E-state index in [-0.39, 0.29) is 11.8 Å². The lowest BCUT2D eigenvalue weighted by molar-refractivity contribution is -0.143. The molecule has 0 fully saturated rings. The number of rotatable bonds is 5. The number of amides is 1. The Balaban J connectivity index is 2.14. The van der Waals surface area contributed by atoms with E-state index < -0.39 is 29.7 Å². The van der Waals surface area contributed by atoms with Gasteiger partial charge in [-0.3, -0.25) is 4.79 Å². The minimum absolute atomic E-state index is 0.0105. The molecule has 0 bridgehead atoms. The highest BCUT2D eigenvalue weighted by Crippen LogP contribution is 2.29. The SMILES string of the molecule is COC(=O)[C@@H](Cc1ccc(C(F)(F)F)cc1)NC(=O)c1ccc(C(C)(C)C)cc1. The van der Waals surface area contributed by atoms with Gasteiger partial charge in [-0.1, -0.05) is 45.0 Å². The van der Waals surface area contributed by atoms with Crippen LogP contribution in [0.25, 0.3) is 0 Å². The topological polar surface area (TPSA) is 55.4 Å². The summed E-state index contributed by atoms with van der Waals surface area (Å²) in [6.07, 6.45) is -4.43. The van der Waals surface area contributed by atoms with Crippen molar-refractivity contribution in [3.8, 4) is 0 Å². The predicted octanol–water partition coefficient (Wildman–Crippen LogP) is 4.52. The lowest BCUT2D eigenvalue weighted by Crippen LogP contribution is -2.43. The van der Waals surface area contributed by atoms with Crippen LogP contribution >= 0.6 is 0 Å².